The summed E-state index contributed by atoms with van der Waals surface area (Å²) in [6.07, 6.45) is 6.30. The van der Waals surface area contributed by atoms with Gasteiger partial charge in [-0.25, -0.2) is 4.98 Å². The molecule has 1 saturated carbocycles. The lowest BCUT2D eigenvalue weighted by atomic mass is 10.1. The van der Waals surface area contributed by atoms with Crippen LogP contribution >= 0.6 is 0 Å². The Kier molecular flexibility index (Phi) is 4.13. The maximum atomic E-state index is 12.4. The van der Waals surface area contributed by atoms with E-state index < -0.39 is 0 Å². The van der Waals surface area contributed by atoms with Crippen molar-refractivity contribution < 1.29 is 9.53 Å². The number of amides is 1. The van der Waals surface area contributed by atoms with Crippen molar-refractivity contribution >= 4 is 5.91 Å². The van der Waals surface area contributed by atoms with E-state index in [0.717, 1.165) is 30.0 Å². The quantitative estimate of drug-likeness (QED) is 0.890. The zero-order valence-corrected chi connectivity index (χ0v) is 13.0. The molecule has 1 aromatic carbocycles. The first-order chi connectivity index (χ1) is 10.7. The van der Waals surface area contributed by atoms with Gasteiger partial charge in [-0.3, -0.25) is 4.79 Å². The lowest BCUT2D eigenvalue weighted by molar-refractivity contribution is -0.121. The standard InChI is InChI=1S/C17H21N3O2/c1-20-10-9-18-17(20)16(12-7-8-12)19-15(21)11-13-5-3-4-6-14(13)22-2/h3-6,9-10,12,16H,7-8,11H2,1-2H3,(H,19,21). The second kappa shape index (κ2) is 6.22. The number of carbonyl (C=O) groups excluding carboxylic acids is 1. The third kappa shape index (κ3) is 3.13. The maximum absolute atomic E-state index is 12.4. The summed E-state index contributed by atoms with van der Waals surface area (Å²) in [7, 11) is 3.59. The molecule has 0 aliphatic heterocycles. The van der Waals surface area contributed by atoms with Crippen molar-refractivity contribution in [2.24, 2.45) is 13.0 Å². The van der Waals surface area contributed by atoms with Crippen molar-refractivity contribution in [2.75, 3.05) is 7.11 Å². The molecule has 1 unspecified atom stereocenters. The molecule has 2 aromatic rings. The number of nitrogens with zero attached hydrogens (tertiary/aromatic N) is 2. The minimum atomic E-state index is 0.00204. The fourth-order valence-corrected chi connectivity index (χ4v) is 2.75. The topological polar surface area (TPSA) is 56.1 Å². The smallest absolute Gasteiger partial charge is 0.225 e. The number of methoxy groups -OCH3 is 1. The number of ether oxygens (including phenoxy) is 1. The minimum absolute atomic E-state index is 0.00204. The van der Waals surface area contributed by atoms with E-state index in [4.69, 9.17) is 4.74 Å². The summed E-state index contributed by atoms with van der Waals surface area (Å²) in [6.45, 7) is 0. The van der Waals surface area contributed by atoms with Crippen LogP contribution in [0.1, 0.15) is 30.3 Å². The molecule has 1 atom stereocenters. The van der Waals surface area contributed by atoms with Crippen molar-refractivity contribution in [2.45, 2.75) is 25.3 Å². The third-order valence-electron chi connectivity index (χ3n) is 4.09. The number of carbonyl (C=O) groups is 1. The first-order valence-electron chi connectivity index (χ1n) is 7.57. The van der Waals surface area contributed by atoms with E-state index in [0.29, 0.717) is 12.3 Å². The Morgan fingerprint density at radius 2 is 2.23 bits per heavy atom. The van der Waals surface area contributed by atoms with Crippen molar-refractivity contribution in [1.29, 1.82) is 0 Å². The summed E-state index contributed by atoms with van der Waals surface area (Å²) in [4.78, 5) is 16.8. The highest BCUT2D eigenvalue weighted by Gasteiger charge is 2.35. The Morgan fingerprint density at radius 1 is 1.45 bits per heavy atom. The van der Waals surface area contributed by atoms with Crippen molar-refractivity contribution in [3.05, 3.63) is 48.0 Å². The van der Waals surface area contributed by atoms with Gasteiger partial charge in [-0.05, 0) is 24.8 Å². The van der Waals surface area contributed by atoms with Gasteiger partial charge in [0, 0.05) is 25.0 Å². The van der Waals surface area contributed by atoms with Gasteiger partial charge in [0.05, 0.1) is 19.6 Å². The van der Waals surface area contributed by atoms with E-state index in [2.05, 4.69) is 10.3 Å². The minimum Gasteiger partial charge on any atom is -0.496 e. The lowest BCUT2D eigenvalue weighted by Crippen LogP contribution is -2.32. The summed E-state index contributed by atoms with van der Waals surface area (Å²) in [6, 6.07) is 7.62. The highest BCUT2D eigenvalue weighted by atomic mass is 16.5. The van der Waals surface area contributed by atoms with Gasteiger partial charge in [-0.15, -0.1) is 0 Å². The summed E-state index contributed by atoms with van der Waals surface area (Å²) < 4.78 is 7.28. The number of aromatic nitrogens is 2. The van der Waals surface area contributed by atoms with E-state index >= 15 is 0 Å². The molecule has 1 heterocycles. The molecule has 116 valence electrons. The number of rotatable bonds is 6. The molecular formula is C17H21N3O2. The number of benzene rings is 1. The molecule has 0 spiro atoms. The summed E-state index contributed by atoms with van der Waals surface area (Å²) in [5.41, 5.74) is 0.900. The number of aryl methyl sites for hydroxylation is 1. The van der Waals surface area contributed by atoms with Crippen molar-refractivity contribution in [3.8, 4) is 5.75 Å². The molecular weight excluding hydrogens is 278 g/mol. The number of imidazole rings is 1. The SMILES string of the molecule is COc1ccccc1CC(=O)NC(c1nccn1C)C1CC1. The average molecular weight is 299 g/mol. The Balaban J connectivity index is 1.71. The van der Waals surface area contributed by atoms with E-state index in [-0.39, 0.29) is 11.9 Å². The first-order valence-corrected chi connectivity index (χ1v) is 7.57. The van der Waals surface area contributed by atoms with E-state index in [1.54, 1.807) is 13.3 Å². The molecule has 1 aliphatic rings. The predicted molar refractivity (Wildman–Crippen MR) is 83.5 cm³/mol. The molecule has 1 fully saturated rings. The lowest BCUT2D eigenvalue weighted by Gasteiger charge is -2.18. The molecule has 1 amide bonds. The molecule has 1 N–H and O–H groups in total. The van der Waals surface area contributed by atoms with Crippen LogP contribution in [0, 0.1) is 5.92 Å². The van der Waals surface area contributed by atoms with Crippen LogP contribution in [0.15, 0.2) is 36.7 Å². The Hall–Kier alpha value is -2.30. The highest BCUT2D eigenvalue weighted by Crippen LogP contribution is 2.40. The van der Waals surface area contributed by atoms with Crippen molar-refractivity contribution in [1.82, 2.24) is 14.9 Å². The monoisotopic (exact) mass is 299 g/mol. The third-order valence-corrected chi connectivity index (χ3v) is 4.09. The Bertz CT molecular complexity index is 661. The van der Waals surface area contributed by atoms with Crippen LogP contribution < -0.4 is 10.1 Å². The van der Waals surface area contributed by atoms with Crippen LogP contribution in [0.3, 0.4) is 0 Å². The predicted octanol–water partition coefficient (Wildman–Crippen LogP) is 2.24. The van der Waals surface area contributed by atoms with E-state index in [1.807, 2.05) is 42.1 Å². The molecule has 5 heteroatoms. The zero-order valence-electron chi connectivity index (χ0n) is 13.0. The van der Waals surface area contributed by atoms with Crippen molar-refractivity contribution in [3.63, 3.8) is 0 Å². The van der Waals surface area contributed by atoms with Gasteiger partial charge in [-0.1, -0.05) is 18.2 Å². The van der Waals surface area contributed by atoms with Crippen LogP contribution in [0.4, 0.5) is 0 Å². The summed E-state index contributed by atoms with van der Waals surface area (Å²) in [5.74, 6) is 2.18. The molecule has 22 heavy (non-hydrogen) atoms. The first kappa shape index (κ1) is 14.6. The highest BCUT2D eigenvalue weighted by molar-refractivity contribution is 5.79. The molecule has 0 bridgehead atoms. The van der Waals surface area contributed by atoms with E-state index in [1.165, 1.54) is 0 Å². The molecule has 0 saturated heterocycles. The van der Waals surface area contributed by atoms with Gasteiger partial charge in [0.15, 0.2) is 0 Å². The fraction of sp³-hybridized carbons (Fsp3) is 0.412. The van der Waals surface area contributed by atoms with Gasteiger partial charge in [0.1, 0.15) is 11.6 Å². The Labute approximate surface area is 130 Å². The van der Waals surface area contributed by atoms with E-state index in [9.17, 15) is 4.79 Å². The average Bonchev–Trinajstić information content (AvgIpc) is 3.27. The van der Waals surface area contributed by atoms with Crippen LogP contribution in [0.5, 0.6) is 5.75 Å². The Morgan fingerprint density at radius 3 is 2.86 bits per heavy atom. The molecule has 3 rings (SSSR count). The summed E-state index contributed by atoms with van der Waals surface area (Å²) in [5, 5.41) is 3.14. The number of hydrogen-bond donors (Lipinski definition) is 1. The van der Waals surface area contributed by atoms with Crippen LogP contribution in [0.25, 0.3) is 0 Å². The van der Waals surface area contributed by atoms with Gasteiger partial charge < -0.3 is 14.6 Å². The molecule has 5 nitrogen and oxygen atoms in total. The van der Waals surface area contributed by atoms with Crippen LogP contribution in [-0.2, 0) is 18.3 Å². The van der Waals surface area contributed by atoms with Gasteiger partial charge in [0.25, 0.3) is 0 Å². The van der Waals surface area contributed by atoms with Gasteiger partial charge in [-0.2, -0.15) is 0 Å². The number of para-hydroxylation sites is 1. The fourth-order valence-electron chi connectivity index (χ4n) is 2.75. The molecule has 1 aromatic heterocycles. The molecule has 1 aliphatic carbocycles. The van der Waals surface area contributed by atoms with Gasteiger partial charge >= 0.3 is 0 Å². The normalized spacial score (nSPS) is 15.4. The van der Waals surface area contributed by atoms with Crippen LogP contribution in [0.2, 0.25) is 0 Å². The number of hydrogen-bond acceptors (Lipinski definition) is 3. The largest absolute Gasteiger partial charge is 0.496 e. The second-order valence-electron chi connectivity index (χ2n) is 5.77. The number of nitrogens with one attached hydrogen (secondary N) is 1. The second-order valence-corrected chi connectivity index (χ2v) is 5.77. The summed E-state index contributed by atoms with van der Waals surface area (Å²) >= 11 is 0. The van der Waals surface area contributed by atoms with Crippen LogP contribution in [-0.4, -0.2) is 22.6 Å². The van der Waals surface area contributed by atoms with Gasteiger partial charge in [0.2, 0.25) is 5.91 Å². The maximum Gasteiger partial charge on any atom is 0.225 e. The molecule has 0 radical (unpaired) electrons. The zero-order chi connectivity index (χ0) is 15.5.